The molecule has 0 fully saturated rings. The van der Waals surface area contributed by atoms with Crippen molar-refractivity contribution in [2.24, 2.45) is 5.92 Å². The number of rotatable bonds is 16. The number of aliphatic hydroxyl groups is 1. The molecule has 0 aromatic rings. The fraction of sp³-hybridized carbons (Fsp3) is 0.905. The molecule has 0 aromatic heterocycles. The van der Waals surface area contributed by atoms with E-state index in [1.807, 2.05) is 6.92 Å². The van der Waals surface area contributed by atoms with Crippen LogP contribution in [0.3, 0.4) is 0 Å². The summed E-state index contributed by atoms with van der Waals surface area (Å²) in [5.74, 6) is 0.870. The summed E-state index contributed by atoms with van der Waals surface area (Å²) in [5, 5.41) is 9.40. The molecule has 0 spiro atoms. The Morgan fingerprint density at radius 2 is 1.32 bits per heavy atom. The number of aliphatic hydroxyl groups excluding tert-OH is 1. The second-order valence-corrected chi connectivity index (χ2v) is 7.04. The fourth-order valence-corrected chi connectivity index (χ4v) is 3.07. The van der Waals surface area contributed by atoms with Gasteiger partial charge in [-0.3, -0.25) is 0 Å². The van der Waals surface area contributed by atoms with Gasteiger partial charge in [0.25, 0.3) is 0 Å². The van der Waals surface area contributed by atoms with Crippen LogP contribution in [0.5, 0.6) is 0 Å². The molecule has 0 radical (unpaired) electrons. The highest BCUT2D eigenvalue weighted by Crippen LogP contribution is 2.22. The van der Waals surface area contributed by atoms with E-state index in [-0.39, 0.29) is 6.10 Å². The van der Waals surface area contributed by atoms with Gasteiger partial charge in [-0.15, -0.1) is 0 Å². The van der Waals surface area contributed by atoms with Crippen molar-refractivity contribution in [1.29, 1.82) is 0 Å². The lowest BCUT2D eigenvalue weighted by Crippen LogP contribution is -2.04. The molecule has 0 rings (SSSR count). The molecule has 0 amide bonds. The molecule has 0 aliphatic heterocycles. The predicted octanol–water partition coefficient (Wildman–Crippen LogP) is 7.04. The second-order valence-electron chi connectivity index (χ2n) is 7.04. The maximum Gasteiger partial charge on any atom is 0.0512 e. The zero-order valence-electron chi connectivity index (χ0n) is 15.7. The summed E-state index contributed by atoms with van der Waals surface area (Å²) in [6, 6.07) is 0. The van der Waals surface area contributed by atoms with Gasteiger partial charge in [-0.1, -0.05) is 83.8 Å². The monoisotopic (exact) mass is 310 g/mol. The van der Waals surface area contributed by atoms with E-state index in [0.29, 0.717) is 0 Å². The van der Waals surface area contributed by atoms with Crippen molar-refractivity contribution in [2.45, 2.75) is 117 Å². The third-order valence-corrected chi connectivity index (χ3v) is 4.58. The minimum absolute atomic E-state index is 0.126. The molecule has 132 valence electrons. The molecule has 22 heavy (non-hydrogen) atoms. The first kappa shape index (κ1) is 21.7. The minimum Gasteiger partial charge on any atom is -0.393 e. The summed E-state index contributed by atoms with van der Waals surface area (Å²) in [4.78, 5) is 0. The van der Waals surface area contributed by atoms with Crippen LogP contribution in [0.25, 0.3) is 0 Å². The van der Waals surface area contributed by atoms with Crippen molar-refractivity contribution in [2.75, 3.05) is 0 Å². The standard InChI is InChI=1S/C21H42O/c1-4-6-8-9-10-11-12-14-18-21(17-13-7-5-2)19-15-16-20(3)22/h11-12,20-22H,4-10,13-19H2,1-3H3/b12-11+. The molecule has 1 nitrogen and oxygen atoms in total. The summed E-state index contributed by atoms with van der Waals surface area (Å²) >= 11 is 0. The van der Waals surface area contributed by atoms with E-state index < -0.39 is 0 Å². The highest BCUT2D eigenvalue weighted by molar-refractivity contribution is 4.82. The van der Waals surface area contributed by atoms with Gasteiger partial charge in [0.05, 0.1) is 6.10 Å². The van der Waals surface area contributed by atoms with Crippen molar-refractivity contribution in [1.82, 2.24) is 0 Å². The summed E-state index contributed by atoms with van der Waals surface area (Å²) in [7, 11) is 0. The lowest BCUT2D eigenvalue weighted by atomic mass is 9.90. The van der Waals surface area contributed by atoms with Crippen molar-refractivity contribution in [3.8, 4) is 0 Å². The van der Waals surface area contributed by atoms with E-state index in [0.717, 1.165) is 12.3 Å². The number of allylic oxidation sites excluding steroid dienone is 2. The van der Waals surface area contributed by atoms with Gasteiger partial charge in [-0.05, 0) is 44.9 Å². The minimum atomic E-state index is -0.126. The van der Waals surface area contributed by atoms with Crippen LogP contribution in [-0.4, -0.2) is 11.2 Å². The van der Waals surface area contributed by atoms with Crippen LogP contribution in [0.2, 0.25) is 0 Å². The molecule has 0 heterocycles. The fourth-order valence-electron chi connectivity index (χ4n) is 3.07. The highest BCUT2D eigenvalue weighted by Gasteiger charge is 2.08. The Hall–Kier alpha value is -0.300. The Morgan fingerprint density at radius 3 is 2.00 bits per heavy atom. The van der Waals surface area contributed by atoms with Gasteiger partial charge in [0, 0.05) is 0 Å². The topological polar surface area (TPSA) is 20.2 Å². The average Bonchev–Trinajstić information content (AvgIpc) is 2.49. The molecule has 2 atom stereocenters. The van der Waals surface area contributed by atoms with E-state index >= 15 is 0 Å². The van der Waals surface area contributed by atoms with Gasteiger partial charge in [-0.2, -0.15) is 0 Å². The van der Waals surface area contributed by atoms with E-state index in [1.165, 1.54) is 83.5 Å². The van der Waals surface area contributed by atoms with E-state index in [2.05, 4.69) is 26.0 Å². The first-order chi connectivity index (χ1) is 10.7. The van der Waals surface area contributed by atoms with Crippen molar-refractivity contribution in [3.05, 3.63) is 12.2 Å². The highest BCUT2D eigenvalue weighted by atomic mass is 16.3. The molecule has 0 aromatic carbocycles. The van der Waals surface area contributed by atoms with Crippen LogP contribution in [-0.2, 0) is 0 Å². The van der Waals surface area contributed by atoms with Gasteiger partial charge in [0.1, 0.15) is 0 Å². The van der Waals surface area contributed by atoms with E-state index in [4.69, 9.17) is 0 Å². The van der Waals surface area contributed by atoms with Crippen LogP contribution >= 0.6 is 0 Å². The third kappa shape index (κ3) is 16.1. The second kappa shape index (κ2) is 17.1. The van der Waals surface area contributed by atoms with Gasteiger partial charge in [0.2, 0.25) is 0 Å². The molecule has 0 saturated carbocycles. The lowest BCUT2D eigenvalue weighted by Gasteiger charge is -2.16. The molecular formula is C21H42O. The van der Waals surface area contributed by atoms with Gasteiger partial charge in [-0.25, -0.2) is 0 Å². The number of hydrogen-bond donors (Lipinski definition) is 1. The average molecular weight is 311 g/mol. The van der Waals surface area contributed by atoms with Crippen LogP contribution in [0.15, 0.2) is 12.2 Å². The summed E-state index contributed by atoms with van der Waals surface area (Å²) in [6.07, 6.45) is 22.9. The van der Waals surface area contributed by atoms with Crippen molar-refractivity contribution >= 4 is 0 Å². The SMILES string of the molecule is CCCCCC/C=C/CCC(CCCCC)CCCC(C)O. The maximum atomic E-state index is 9.40. The molecule has 1 heteroatoms. The first-order valence-electron chi connectivity index (χ1n) is 10.0. The van der Waals surface area contributed by atoms with Gasteiger partial charge in [0.15, 0.2) is 0 Å². The summed E-state index contributed by atoms with van der Waals surface area (Å²) in [6.45, 7) is 6.46. The number of unbranched alkanes of at least 4 members (excludes halogenated alkanes) is 6. The molecule has 2 unspecified atom stereocenters. The Kier molecular flexibility index (Phi) is 16.8. The van der Waals surface area contributed by atoms with E-state index in [1.54, 1.807) is 0 Å². The normalized spacial score (nSPS) is 14.5. The third-order valence-electron chi connectivity index (χ3n) is 4.58. The Balaban J connectivity index is 3.77. The van der Waals surface area contributed by atoms with E-state index in [9.17, 15) is 5.11 Å². The van der Waals surface area contributed by atoms with Crippen LogP contribution in [0.4, 0.5) is 0 Å². The Morgan fingerprint density at radius 1 is 0.682 bits per heavy atom. The molecular weight excluding hydrogens is 268 g/mol. The molecule has 0 bridgehead atoms. The molecule has 1 N–H and O–H groups in total. The largest absolute Gasteiger partial charge is 0.393 e. The van der Waals surface area contributed by atoms with Crippen LogP contribution in [0, 0.1) is 5.92 Å². The summed E-state index contributed by atoms with van der Waals surface area (Å²) < 4.78 is 0. The summed E-state index contributed by atoms with van der Waals surface area (Å²) in [5.41, 5.74) is 0. The Labute approximate surface area is 140 Å². The quantitative estimate of drug-likeness (QED) is 0.239. The lowest BCUT2D eigenvalue weighted by molar-refractivity contribution is 0.177. The maximum absolute atomic E-state index is 9.40. The molecule has 0 saturated heterocycles. The Bertz CT molecular complexity index is 232. The smallest absolute Gasteiger partial charge is 0.0512 e. The van der Waals surface area contributed by atoms with Crippen molar-refractivity contribution in [3.63, 3.8) is 0 Å². The zero-order chi connectivity index (χ0) is 16.5. The van der Waals surface area contributed by atoms with Crippen molar-refractivity contribution < 1.29 is 5.11 Å². The molecule has 0 aliphatic rings. The molecule has 0 aliphatic carbocycles. The van der Waals surface area contributed by atoms with Gasteiger partial charge >= 0.3 is 0 Å². The first-order valence-corrected chi connectivity index (χ1v) is 10.0. The van der Waals surface area contributed by atoms with Crippen LogP contribution in [0.1, 0.15) is 111 Å². The zero-order valence-corrected chi connectivity index (χ0v) is 15.7. The van der Waals surface area contributed by atoms with Gasteiger partial charge < -0.3 is 5.11 Å². The van der Waals surface area contributed by atoms with Crippen LogP contribution < -0.4 is 0 Å². The number of hydrogen-bond acceptors (Lipinski definition) is 1. The predicted molar refractivity (Wildman–Crippen MR) is 100 cm³/mol.